The second-order valence-electron chi connectivity index (χ2n) is 14.8. The van der Waals surface area contributed by atoms with Gasteiger partial charge in [-0.15, -0.1) is 0 Å². The topological polar surface area (TPSA) is 144 Å². The smallest absolute Gasteiger partial charge is 0.338 e. The maximum atomic E-state index is 13.9. The van der Waals surface area contributed by atoms with Crippen molar-refractivity contribution in [1.82, 2.24) is 0 Å². The molecule has 3 bridgehead atoms. The first-order valence-electron chi connectivity index (χ1n) is 17.3. The van der Waals surface area contributed by atoms with E-state index in [0.29, 0.717) is 17.6 Å². The number of fused-ring (bicyclic) bond motifs is 3. The van der Waals surface area contributed by atoms with E-state index in [1.807, 2.05) is 19.9 Å². The molecule has 0 aromatic heterocycles. The van der Waals surface area contributed by atoms with Crippen LogP contribution in [0.4, 0.5) is 0 Å². The van der Waals surface area contributed by atoms with Gasteiger partial charge in [0.05, 0.1) is 17.8 Å². The Morgan fingerprint density at radius 3 is 2.36 bits per heavy atom. The van der Waals surface area contributed by atoms with Crippen LogP contribution in [0.2, 0.25) is 0 Å². The third-order valence-electron chi connectivity index (χ3n) is 12.1. The van der Waals surface area contributed by atoms with Crippen molar-refractivity contribution in [2.24, 2.45) is 17.8 Å². The number of rotatable bonds is 12. The van der Waals surface area contributed by atoms with Gasteiger partial charge >= 0.3 is 5.97 Å². The fourth-order valence-electron chi connectivity index (χ4n) is 9.80. The lowest BCUT2D eigenvalue weighted by Gasteiger charge is -2.61. The zero-order valence-electron chi connectivity index (χ0n) is 27.8. The summed E-state index contributed by atoms with van der Waals surface area (Å²) < 4.78 is 33.6. The number of ether oxygens (including phenoxy) is 5. The average molecular weight is 653 g/mol. The van der Waals surface area contributed by atoms with Crippen molar-refractivity contribution in [1.29, 1.82) is 0 Å². The van der Waals surface area contributed by atoms with E-state index in [-0.39, 0.29) is 5.57 Å². The molecule has 6 aliphatic rings. The normalized spacial score (nSPS) is 45.5. The Bertz CT molecular complexity index is 1480. The summed E-state index contributed by atoms with van der Waals surface area (Å²) in [5, 5.41) is 35.0. The summed E-state index contributed by atoms with van der Waals surface area (Å²) in [6, 6.07) is 8.65. The molecule has 10 heteroatoms. The number of carbonyl (C=O) groups is 2. The molecule has 10 nitrogen and oxygen atoms in total. The second-order valence-corrected chi connectivity index (χ2v) is 14.8. The number of benzene rings is 1. The van der Waals surface area contributed by atoms with Gasteiger partial charge in [-0.1, -0.05) is 83.2 Å². The molecule has 3 N–H and O–H groups in total. The number of Topliss-reactive ketones (excluding diaryl/α,β-unsaturated/α-hetero) is 1. The molecule has 1 unspecified atom stereocenters. The van der Waals surface area contributed by atoms with E-state index in [1.165, 1.54) is 19.3 Å². The number of epoxide rings is 1. The molecule has 1 aromatic rings. The van der Waals surface area contributed by atoms with E-state index in [2.05, 4.69) is 13.5 Å². The Kier molecular flexibility index (Phi) is 7.95. The summed E-state index contributed by atoms with van der Waals surface area (Å²) in [6.07, 6.45) is 4.91. The Morgan fingerprint density at radius 2 is 1.70 bits per heavy atom. The first-order valence-corrected chi connectivity index (χ1v) is 17.3. The zero-order chi connectivity index (χ0) is 33.6. The minimum absolute atomic E-state index is 0.267. The molecule has 47 heavy (non-hydrogen) atoms. The largest absolute Gasteiger partial charge is 0.455 e. The van der Waals surface area contributed by atoms with Gasteiger partial charge in [0.25, 0.3) is 5.97 Å². The molecule has 0 spiro atoms. The number of unbranched alkanes of at least 4 members (excludes halogenated alkanes) is 6. The van der Waals surface area contributed by atoms with E-state index in [1.54, 1.807) is 37.3 Å². The maximum Gasteiger partial charge on any atom is 0.338 e. The van der Waals surface area contributed by atoms with E-state index in [0.717, 1.165) is 25.7 Å². The van der Waals surface area contributed by atoms with E-state index >= 15 is 0 Å². The SMILES string of the molecule is C=C(C)[C@@]12OC3(CCCCCCCCC)O[C@@H]1[C@@H]1[C@@H]4O[C@]4(CO)[C@@H](O)[C@]4(O)C(=O)C(C)=C[C@H]4[C@@]1(O3)[C@H](C)[C@H]2OC(=O)c1ccccc1. The molecular formula is C37H48O10. The first-order chi connectivity index (χ1) is 22.4. The Hall–Kier alpha value is -2.44. The zero-order valence-corrected chi connectivity index (χ0v) is 27.8. The van der Waals surface area contributed by atoms with Crippen molar-refractivity contribution in [3.63, 3.8) is 0 Å². The summed E-state index contributed by atoms with van der Waals surface area (Å²) in [4.78, 5) is 27.6. The van der Waals surface area contributed by atoms with Crippen molar-refractivity contribution in [3.8, 4) is 0 Å². The lowest BCUT2D eigenvalue weighted by molar-refractivity contribution is -0.431. The number of aliphatic hydroxyl groups is 3. The van der Waals surface area contributed by atoms with Crippen LogP contribution in [0.25, 0.3) is 0 Å². The predicted octanol–water partition coefficient (Wildman–Crippen LogP) is 4.15. The molecule has 12 atom stereocenters. The van der Waals surface area contributed by atoms with Crippen molar-refractivity contribution >= 4 is 11.8 Å². The van der Waals surface area contributed by atoms with Crippen LogP contribution >= 0.6 is 0 Å². The van der Waals surface area contributed by atoms with Crippen LogP contribution in [0.15, 0.2) is 54.1 Å². The van der Waals surface area contributed by atoms with E-state index < -0.39 is 88.9 Å². The van der Waals surface area contributed by atoms with Gasteiger partial charge in [0.15, 0.2) is 17.0 Å². The summed E-state index contributed by atoms with van der Waals surface area (Å²) >= 11 is 0. The Morgan fingerprint density at radius 1 is 1.02 bits per heavy atom. The molecule has 0 amide bonds. The molecule has 0 radical (unpaired) electrons. The highest BCUT2D eigenvalue weighted by atomic mass is 16.9. The minimum Gasteiger partial charge on any atom is -0.455 e. The summed E-state index contributed by atoms with van der Waals surface area (Å²) in [5.41, 5.74) is -5.69. The highest BCUT2D eigenvalue weighted by Crippen LogP contribution is 2.73. The van der Waals surface area contributed by atoms with Gasteiger partial charge in [0.2, 0.25) is 0 Å². The molecular weight excluding hydrogens is 604 g/mol. The highest BCUT2D eigenvalue weighted by molar-refractivity contribution is 6.05. The van der Waals surface area contributed by atoms with Crippen LogP contribution < -0.4 is 0 Å². The number of carbonyl (C=O) groups excluding carboxylic acids is 2. The molecule has 2 saturated carbocycles. The summed E-state index contributed by atoms with van der Waals surface area (Å²) in [7, 11) is 0. The van der Waals surface area contributed by atoms with Gasteiger partial charge in [-0.25, -0.2) is 4.79 Å². The average Bonchev–Trinajstić information content (AvgIpc) is 3.69. The molecule has 1 aromatic carbocycles. The van der Waals surface area contributed by atoms with Gasteiger partial charge in [0, 0.05) is 24.2 Å². The van der Waals surface area contributed by atoms with Crippen LogP contribution in [0.3, 0.4) is 0 Å². The van der Waals surface area contributed by atoms with Crippen molar-refractivity contribution < 1.29 is 48.6 Å². The summed E-state index contributed by atoms with van der Waals surface area (Å²) in [6.45, 7) is 11.2. The number of hydrogen-bond donors (Lipinski definition) is 3. The fraction of sp³-hybridized carbons (Fsp3) is 0.676. The van der Waals surface area contributed by atoms with Crippen LogP contribution in [0.1, 0.15) is 89.4 Å². The number of hydrogen-bond acceptors (Lipinski definition) is 10. The third-order valence-corrected chi connectivity index (χ3v) is 12.1. The molecule has 3 saturated heterocycles. The quantitative estimate of drug-likeness (QED) is 0.130. The number of ketones is 1. The van der Waals surface area contributed by atoms with Gasteiger partial charge < -0.3 is 39.0 Å². The third kappa shape index (κ3) is 4.28. The minimum atomic E-state index is -2.38. The summed E-state index contributed by atoms with van der Waals surface area (Å²) in [5.74, 6) is -5.37. The van der Waals surface area contributed by atoms with Crippen LogP contribution in [0.5, 0.6) is 0 Å². The van der Waals surface area contributed by atoms with Crippen LogP contribution in [-0.2, 0) is 28.5 Å². The van der Waals surface area contributed by atoms with Crippen LogP contribution in [-0.4, -0.2) is 86.5 Å². The first kappa shape index (κ1) is 33.1. The Labute approximate surface area is 276 Å². The van der Waals surface area contributed by atoms with Gasteiger partial charge in [-0.05, 0) is 43.5 Å². The Balaban J connectivity index is 1.36. The standard InChI is InChI=1S/C37H48O10/c1-6-7-8-9-10-11-15-18-34-45-30-26-29-33(20-38,44-29)32(41)35(42)25(19-22(4)27(35)39)37(26,47-34)23(5)28(36(30,46-34)21(2)3)43-31(40)24-16-13-12-14-17-24/h12-14,16-17,19,23,25-26,28-30,32,38,41-42H,2,6-11,15,18,20H2,1,3-5H3/t23-,25-,26+,28-,29+,30-,32-,33+,34?,35-,36+,37+/m1/s1. The monoisotopic (exact) mass is 652 g/mol. The van der Waals surface area contributed by atoms with Crippen molar-refractivity contribution in [2.45, 2.75) is 132 Å². The number of esters is 1. The lowest BCUT2D eigenvalue weighted by Crippen LogP contribution is -2.76. The molecule has 3 heterocycles. The highest BCUT2D eigenvalue weighted by Gasteiger charge is 2.90. The van der Waals surface area contributed by atoms with Crippen molar-refractivity contribution in [2.75, 3.05) is 6.61 Å². The fourth-order valence-corrected chi connectivity index (χ4v) is 9.80. The lowest BCUT2D eigenvalue weighted by atomic mass is 9.53. The van der Waals surface area contributed by atoms with E-state index in [9.17, 15) is 24.9 Å². The molecule has 3 aliphatic carbocycles. The molecule has 3 aliphatic heterocycles. The van der Waals surface area contributed by atoms with E-state index in [4.69, 9.17) is 23.7 Å². The molecule has 7 rings (SSSR count). The van der Waals surface area contributed by atoms with Gasteiger partial charge in [-0.3, -0.25) is 4.79 Å². The maximum absolute atomic E-state index is 13.9. The van der Waals surface area contributed by atoms with Crippen molar-refractivity contribution in [3.05, 3.63) is 59.7 Å². The van der Waals surface area contributed by atoms with Gasteiger partial charge in [-0.2, -0.15) is 0 Å². The molecule has 256 valence electrons. The van der Waals surface area contributed by atoms with Crippen LogP contribution in [0, 0.1) is 17.8 Å². The number of aliphatic hydroxyl groups excluding tert-OH is 2. The van der Waals surface area contributed by atoms with Gasteiger partial charge in [0.1, 0.15) is 30.0 Å². The molecule has 5 fully saturated rings. The second kappa shape index (κ2) is 11.3. The predicted molar refractivity (Wildman–Crippen MR) is 169 cm³/mol.